The van der Waals surface area contributed by atoms with E-state index in [0.29, 0.717) is 15.8 Å². The number of benzene rings is 1. The summed E-state index contributed by atoms with van der Waals surface area (Å²) in [6.45, 7) is 12.5. The molecule has 204 valence electrons. The maximum Gasteiger partial charge on any atom is 0.338 e. The normalized spacial score (nSPS) is 39.8. The minimum absolute atomic E-state index is 0.000290. The monoisotopic (exact) mass is 568 g/mol. The molecule has 1 aromatic rings. The number of ether oxygens (including phenoxy) is 1. The van der Waals surface area contributed by atoms with Crippen LogP contribution < -0.4 is 0 Å². The van der Waals surface area contributed by atoms with E-state index in [0.717, 1.165) is 54.8 Å². The molecular weight excluding hydrogens is 520 g/mol. The second-order valence-corrected chi connectivity index (χ2v) is 15.1. The van der Waals surface area contributed by atoms with Gasteiger partial charge < -0.3 is 4.74 Å². The Balaban J connectivity index is 1.29. The number of rotatable bonds is 7. The van der Waals surface area contributed by atoms with Crippen LogP contribution in [0.25, 0.3) is 0 Å². The Hall–Kier alpha value is -1.09. The number of carbonyl (C=O) groups is 1. The number of fused-ring (bicyclic) bond motifs is 5. The van der Waals surface area contributed by atoms with Gasteiger partial charge >= 0.3 is 5.97 Å². The number of carbonyl (C=O) groups excluding carboxylic acids is 1. The molecule has 4 aliphatic carbocycles. The molecule has 37 heavy (non-hydrogen) atoms. The second kappa shape index (κ2) is 10.8. The predicted molar refractivity (Wildman–Crippen MR) is 157 cm³/mol. The molecular formula is C34H49BrO2. The Kier molecular flexibility index (Phi) is 8.03. The van der Waals surface area contributed by atoms with E-state index < -0.39 is 0 Å². The van der Waals surface area contributed by atoms with E-state index in [1.54, 1.807) is 5.57 Å². The van der Waals surface area contributed by atoms with Gasteiger partial charge in [0.05, 0.1) is 5.56 Å². The minimum atomic E-state index is -0.174. The van der Waals surface area contributed by atoms with Crippen LogP contribution in [-0.4, -0.2) is 16.9 Å². The van der Waals surface area contributed by atoms with Crippen molar-refractivity contribution in [3.63, 3.8) is 0 Å². The van der Waals surface area contributed by atoms with Gasteiger partial charge in [-0.1, -0.05) is 99.7 Å². The number of allylic oxidation sites excluding steroid dienone is 1. The van der Waals surface area contributed by atoms with Crippen LogP contribution >= 0.6 is 15.9 Å². The lowest BCUT2D eigenvalue weighted by Crippen LogP contribution is -2.54. The summed E-state index contributed by atoms with van der Waals surface area (Å²) in [6, 6.07) is 9.47. The van der Waals surface area contributed by atoms with Gasteiger partial charge in [0.2, 0.25) is 0 Å². The molecule has 3 fully saturated rings. The quantitative estimate of drug-likeness (QED) is 0.186. The van der Waals surface area contributed by atoms with Crippen molar-refractivity contribution in [2.75, 3.05) is 0 Å². The molecule has 0 amide bonds. The van der Waals surface area contributed by atoms with Gasteiger partial charge in [0, 0.05) is 11.2 Å². The Labute approximate surface area is 234 Å². The van der Waals surface area contributed by atoms with Crippen LogP contribution in [0.5, 0.6) is 0 Å². The second-order valence-electron chi connectivity index (χ2n) is 14.0. The smallest absolute Gasteiger partial charge is 0.338 e. The van der Waals surface area contributed by atoms with Crippen molar-refractivity contribution in [2.45, 2.75) is 110 Å². The highest BCUT2D eigenvalue weighted by Gasteiger charge is 2.61. The average molecular weight is 570 g/mol. The van der Waals surface area contributed by atoms with Gasteiger partial charge in [-0.3, -0.25) is 0 Å². The van der Waals surface area contributed by atoms with Gasteiger partial charge in [-0.05, 0) is 97.0 Å². The molecule has 2 nitrogen and oxygen atoms in total. The Morgan fingerprint density at radius 2 is 1.76 bits per heavy atom. The number of hydrogen-bond donors (Lipinski definition) is 0. The van der Waals surface area contributed by atoms with Gasteiger partial charge in [-0.15, -0.1) is 0 Å². The lowest BCUT2D eigenvalue weighted by atomic mass is 9.47. The molecule has 0 aliphatic heterocycles. The summed E-state index contributed by atoms with van der Waals surface area (Å²) in [5.41, 5.74) is 2.96. The molecule has 0 aromatic heterocycles. The minimum Gasteiger partial charge on any atom is -0.458 e. The van der Waals surface area contributed by atoms with E-state index >= 15 is 0 Å². The summed E-state index contributed by atoms with van der Waals surface area (Å²) >= 11 is 4.22. The van der Waals surface area contributed by atoms with Crippen molar-refractivity contribution >= 4 is 21.9 Å². The zero-order valence-corrected chi connectivity index (χ0v) is 25.4. The maximum atomic E-state index is 12.7. The topological polar surface area (TPSA) is 26.3 Å². The SMILES string of the molecule is CC(C)CCC[C@@H](C)[C@H]1CC[C@H]2[C@@H]3[C@H](Br)C=C4C[C@@H](OC(=O)c5ccccc5)CC[C@]4(C)[C@H]3CC[C@]12C. The summed E-state index contributed by atoms with van der Waals surface area (Å²) in [6.07, 6.45) is 15.4. The number of hydrogen-bond acceptors (Lipinski definition) is 2. The molecule has 4 aliphatic rings. The Morgan fingerprint density at radius 1 is 1.00 bits per heavy atom. The molecule has 0 spiro atoms. The Morgan fingerprint density at radius 3 is 2.49 bits per heavy atom. The average Bonchev–Trinajstić information content (AvgIpc) is 3.22. The Bertz CT molecular complexity index is 985. The summed E-state index contributed by atoms with van der Waals surface area (Å²) in [5, 5.41) is 0. The van der Waals surface area contributed by atoms with Crippen molar-refractivity contribution < 1.29 is 9.53 Å². The van der Waals surface area contributed by atoms with Crippen LogP contribution in [-0.2, 0) is 4.74 Å². The standard InChI is InChI=1S/C34H49BrO2/c1-22(2)10-9-11-23(3)27-14-15-28-31-29(17-19-34(27,28)5)33(4)18-16-26(20-25(33)21-30(31)35)37-32(36)24-12-7-6-8-13-24/h6-8,12-13,21-23,26-31H,9-11,14-20H2,1-5H3/t23-,26+,27-,28+,29+,30-,31+,33+,34-/m1/s1. The fraction of sp³-hybridized carbons (Fsp3) is 0.735. The van der Waals surface area contributed by atoms with E-state index in [1.807, 2.05) is 30.3 Å². The van der Waals surface area contributed by atoms with E-state index in [9.17, 15) is 4.79 Å². The van der Waals surface area contributed by atoms with Gasteiger partial charge in [0.1, 0.15) is 6.10 Å². The van der Waals surface area contributed by atoms with E-state index in [1.165, 1.54) is 44.9 Å². The van der Waals surface area contributed by atoms with Gasteiger partial charge in [-0.25, -0.2) is 4.79 Å². The first-order valence-electron chi connectivity index (χ1n) is 15.2. The first-order valence-corrected chi connectivity index (χ1v) is 16.2. The fourth-order valence-electron chi connectivity index (χ4n) is 9.49. The maximum absolute atomic E-state index is 12.7. The summed E-state index contributed by atoms with van der Waals surface area (Å²) in [7, 11) is 0. The van der Waals surface area contributed by atoms with Crippen LogP contribution in [0.4, 0.5) is 0 Å². The molecule has 3 saturated carbocycles. The van der Waals surface area contributed by atoms with E-state index in [-0.39, 0.29) is 17.5 Å². The summed E-state index contributed by atoms with van der Waals surface area (Å²) in [4.78, 5) is 13.2. The number of esters is 1. The van der Waals surface area contributed by atoms with Crippen LogP contribution in [0, 0.1) is 46.3 Å². The molecule has 0 N–H and O–H groups in total. The first-order chi connectivity index (χ1) is 17.6. The molecule has 0 unspecified atom stereocenters. The van der Waals surface area contributed by atoms with Gasteiger partial charge in [-0.2, -0.15) is 0 Å². The predicted octanol–water partition coefficient (Wildman–Crippen LogP) is 9.63. The van der Waals surface area contributed by atoms with E-state index in [2.05, 4.69) is 56.6 Å². The van der Waals surface area contributed by atoms with Crippen LogP contribution in [0.3, 0.4) is 0 Å². The largest absolute Gasteiger partial charge is 0.458 e. The van der Waals surface area contributed by atoms with Gasteiger partial charge in [0.15, 0.2) is 0 Å². The lowest BCUT2D eigenvalue weighted by Gasteiger charge is -2.59. The van der Waals surface area contributed by atoms with Gasteiger partial charge in [0.25, 0.3) is 0 Å². The van der Waals surface area contributed by atoms with Crippen LogP contribution in [0.1, 0.15) is 109 Å². The third-order valence-corrected chi connectivity index (χ3v) is 12.4. The van der Waals surface area contributed by atoms with Crippen molar-refractivity contribution in [3.05, 3.63) is 47.5 Å². The first kappa shape index (κ1) is 27.5. The van der Waals surface area contributed by atoms with Crippen LogP contribution in [0.2, 0.25) is 0 Å². The third kappa shape index (κ3) is 5.12. The molecule has 0 radical (unpaired) electrons. The molecule has 0 saturated heterocycles. The zero-order valence-electron chi connectivity index (χ0n) is 23.8. The van der Waals surface area contributed by atoms with Crippen LogP contribution in [0.15, 0.2) is 42.0 Å². The van der Waals surface area contributed by atoms with Crippen molar-refractivity contribution in [2.24, 2.45) is 46.3 Å². The highest BCUT2D eigenvalue weighted by molar-refractivity contribution is 9.09. The number of halogens is 1. The summed E-state index contributed by atoms with van der Waals surface area (Å²) < 4.78 is 6.02. The summed E-state index contributed by atoms with van der Waals surface area (Å²) in [5.74, 6) is 4.70. The van der Waals surface area contributed by atoms with Crippen molar-refractivity contribution in [1.82, 2.24) is 0 Å². The van der Waals surface area contributed by atoms with E-state index in [4.69, 9.17) is 4.74 Å². The third-order valence-electron chi connectivity index (χ3n) is 11.5. The number of alkyl halides is 1. The zero-order chi connectivity index (χ0) is 26.4. The molecule has 1 aromatic carbocycles. The fourth-order valence-corrected chi connectivity index (χ4v) is 10.5. The highest BCUT2D eigenvalue weighted by atomic mass is 79.9. The molecule has 5 rings (SSSR count). The van der Waals surface area contributed by atoms with Crippen molar-refractivity contribution in [3.8, 4) is 0 Å². The molecule has 0 bridgehead atoms. The lowest BCUT2D eigenvalue weighted by molar-refractivity contribution is -0.0567. The van der Waals surface area contributed by atoms with Crippen molar-refractivity contribution in [1.29, 1.82) is 0 Å². The molecule has 0 heterocycles. The molecule has 3 heteroatoms. The molecule has 9 atom stereocenters. The highest BCUT2D eigenvalue weighted by Crippen LogP contribution is 2.68.